The van der Waals surface area contributed by atoms with E-state index in [1.807, 2.05) is 19.9 Å². The van der Waals surface area contributed by atoms with Gasteiger partial charge in [-0.3, -0.25) is 0 Å². The van der Waals surface area contributed by atoms with Crippen LogP contribution >= 0.6 is 11.6 Å². The summed E-state index contributed by atoms with van der Waals surface area (Å²) in [5, 5.41) is 3.80. The molecule has 0 aliphatic carbocycles. The molecule has 0 bridgehead atoms. The van der Waals surface area contributed by atoms with Crippen molar-refractivity contribution in [2.75, 3.05) is 5.32 Å². The maximum Gasteiger partial charge on any atom is 0.132 e. The Hall–Kier alpha value is -1.55. The summed E-state index contributed by atoms with van der Waals surface area (Å²) in [7, 11) is 0. The van der Waals surface area contributed by atoms with Gasteiger partial charge in [0.15, 0.2) is 0 Å². The van der Waals surface area contributed by atoms with Crippen LogP contribution in [-0.2, 0) is 6.54 Å². The summed E-state index contributed by atoms with van der Waals surface area (Å²) in [6, 6.07) is 1.97. The van der Waals surface area contributed by atoms with E-state index in [4.69, 9.17) is 11.6 Å². The van der Waals surface area contributed by atoms with Crippen LogP contribution in [0.4, 0.5) is 5.69 Å². The highest BCUT2D eigenvalue weighted by Crippen LogP contribution is 2.16. The lowest BCUT2D eigenvalue weighted by Gasteiger charge is -2.06. The molecule has 0 fully saturated rings. The number of nitrogens with zero attached hydrogens (tertiary/aromatic N) is 2. The minimum atomic E-state index is 0.543. The largest absolute Gasteiger partial charge is 0.378 e. The van der Waals surface area contributed by atoms with Crippen LogP contribution in [0.15, 0.2) is 18.6 Å². The summed E-state index contributed by atoms with van der Waals surface area (Å²) in [5.74, 6) is 0. The van der Waals surface area contributed by atoms with Crippen molar-refractivity contribution in [3.8, 4) is 0 Å². The average molecular weight is 237 g/mol. The van der Waals surface area contributed by atoms with Gasteiger partial charge in [0.2, 0.25) is 0 Å². The quantitative estimate of drug-likeness (QED) is 0.806. The molecule has 2 aromatic heterocycles. The zero-order chi connectivity index (χ0) is 11.5. The summed E-state index contributed by atoms with van der Waals surface area (Å²) < 4.78 is 0. The van der Waals surface area contributed by atoms with Crippen molar-refractivity contribution in [3.05, 3.63) is 40.7 Å². The van der Waals surface area contributed by atoms with E-state index in [9.17, 15) is 0 Å². The molecule has 2 heterocycles. The molecular formula is C11H13ClN4. The van der Waals surface area contributed by atoms with Gasteiger partial charge in [0.25, 0.3) is 0 Å². The Bertz CT molecular complexity index is 492. The summed E-state index contributed by atoms with van der Waals surface area (Å²) in [6.45, 7) is 4.60. The molecule has 84 valence electrons. The Balaban J connectivity index is 2.05. The summed E-state index contributed by atoms with van der Waals surface area (Å²) in [6.07, 6.45) is 3.41. The maximum absolute atomic E-state index is 5.85. The third-order valence-electron chi connectivity index (χ3n) is 2.41. The molecule has 2 rings (SSSR count). The van der Waals surface area contributed by atoms with E-state index in [0.717, 1.165) is 22.6 Å². The van der Waals surface area contributed by atoms with Crippen LogP contribution in [0.25, 0.3) is 0 Å². The Morgan fingerprint density at radius 1 is 1.38 bits per heavy atom. The molecule has 0 aliphatic heterocycles. The number of aromatic nitrogens is 3. The number of pyridine rings is 1. The van der Waals surface area contributed by atoms with Crippen molar-refractivity contribution < 1.29 is 0 Å². The standard InChI is InChI=1S/C11H13ClN4/c1-7-3-9(4-14-11(7)12)13-5-10-8(2)15-6-16-10/h3-4,6,13H,5H2,1-2H3,(H,15,16). The topological polar surface area (TPSA) is 53.6 Å². The van der Waals surface area contributed by atoms with Gasteiger partial charge >= 0.3 is 0 Å². The van der Waals surface area contributed by atoms with E-state index < -0.39 is 0 Å². The van der Waals surface area contributed by atoms with Gasteiger partial charge in [-0.15, -0.1) is 0 Å². The fourth-order valence-corrected chi connectivity index (χ4v) is 1.51. The predicted octanol–water partition coefficient (Wildman–Crippen LogP) is 2.69. The molecule has 0 saturated heterocycles. The number of anilines is 1. The third kappa shape index (κ3) is 2.33. The van der Waals surface area contributed by atoms with Crippen LogP contribution in [0.2, 0.25) is 5.15 Å². The normalized spacial score (nSPS) is 10.4. The first kappa shape index (κ1) is 11.0. The van der Waals surface area contributed by atoms with Crippen LogP contribution in [0, 0.1) is 13.8 Å². The lowest BCUT2D eigenvalue weighted by atomic mass is 10.3. The first-order chi connectivity index (χ1) is 7.66. The zero-order valence-electron chi connectivity index (χ0n) is 9.21. The number of halogens is 1. The first-order valence-corrected chi connectivity index (χ1v) is 5.39. The van der Waals surface area contributed by atoms with Crippen LogP contribution < -0.4 is 5.32 Å². The number of aryl methyl sites for hydroxylation is 2. The highest BCUT2D eigenvalue weighted by Gasteiger charge is 2.02. The molecule has 5 heteroatoms. The van der Waals surface area contributed by atoms with Gasteiger partial charge < -0.3 is 10.3 Å². The van der Waals surface area contributed by atoms with Gasteiger partial charge in [-0.25, -0.2) is 9.97 Å². The second kappa shape index (κ2) is 4.53. The van der Waals surface area contributed by atoms with Crippen molar-refractivity contribution in [2.24, 2.45) is 0 Å². The van der Waals surface area contributed by atoms with Crippen LogP contribution in [0.1, 0.15) is 17.0 Å². The molecule has 4 nitrogen and oxygen atoms in total. The number of aromatic amines is 1. The number of nitrogens with one attached hydrogen (secondary N) is 2. The Morgan fingerprint density at radius 2 is 2.19 bits per heavy atom. The Morgan fingerprint density at radius 3 is 2.81 bits per heavy atom. The first-order valence-electron chi connectivity index (χ1n) is 5.01. The monoisotopic (exact) mass is 236 g/mol. The van der Waals surface area contributed by atoms with E-state index in [0.29, 0.717) is 11.7 Å². The SMILES string of the molecule is Cc1cc(NCc2nc[nH]c2C)cnc1Cl. The minimum absolute atomic E-state index is 0.543. The van der Waals surface area contributed by atoms with E-state index in [1.54, 1.807) is 12.5 Å². The van der Waals surface area contributed by atoms with E-state index >= 15 is 0 Å². The molecule has 0 aliphatic rings. The average Bonchev–Trinajstić information content (AvgIpc) is 2.66. The number of hydrogen-bond donors (Lipinski definition) is 2. The highest BCUT2D eigenvalue weighted by molar-refractivity contribution is 6.30. The Labute approximate surface area is 99.1 Å². The molecule has 0 amide bonds. The molecule has 0 unspecified atom stereocenters. The molecule has 0 atom stereocenters. The van der Waals surface area contributed by atoms with Crippen LogP contribution in [0.3, 0.4) is 0 Å². The van der Waals surface area contributed by atoms with Gasteiger partial charge in [-0.1, -0.05) is 11.6 Å². The number of rotatable bonds is 3. The third-order valence-corrected chi connectivity index (χ3v) is 2.80. The second-order valence-electron chi connectivity index (χ2n) is 3.66. The summed E-state index contributed by atoms with van der Waals surface area (Å²) in [4.78, 5) is 11.3. The van der Waals surface area contributed by atoms with Crippen LogP contribution in [-0.4, -0.2) is 15.0 Å². The molecule has 0 radical (unpaired) electrons. The number of H-pyrrole nitrogens is 1. The van der Waals surface area contributed by atoms with Gasteiger partial charge in [0, 0.05) is 5.69 Å². The molecule has 0 aromatic carbocycles. The maximum atomic E-state index is 5.85. The van der Waals surface area contributed by atoms with Gasteiger partial charge in [0.1, 0.15) is 5.15 Å². The second-order valence-corrected chi connectivity index (χ2v) is 4.02. The van der Waals surface area contributed by atoms with Gasteiger partial charge in [-0.05, 0) is 25.5 Å². The number of imidazole rings is 1. The molecule has 2 aromatic rings. The number of hydrogen-bond acceptors (Lipinski definition) is 3. The molecule has 2 N–H and O–H groups in total. The summed E-state index contributed by atoms with van der Waals surface area (Å²) in [5.41, 5.74) is 3.99. The van der Waals surface area contributed by atoms with Crippen molar-refractivity contribution >= 4 is 17.3 Å². The smallest absolute Gasteiger partial charge is 0.132 e. The molecular weight excluding hydrogens is 224 g/mol. The molecule has 0 spiro atoms. The van der Waals surface area contributed by atoms with Gasteiger partial charge in [-0.2, -0.15) is 0 Å². The lowest BCUT2D eigenvalue weighted by molar-refractivity contribution is 1.04. The predicted molar refractivity (Wildman–Crippen MR) is 64.6 cm³/mol. The van der Waals surface area contributed by atoms with Crippen molar-refractivity contribution in [1.82, 2.24) is 15.0 Å². The van der Waals surface area contributed by atoms with E-state index in [1.165, 1.54) is 0 Å². The van der Waals surface area contributed by atoms with Gasteiger partial charge in [0.05, 0.1) is 30.5 Å². The minimum Gasteiger partial charge on any atom is -0.378 e. The van der Waals surface area contributed by atoms with Crippen LogP contribution in [0.5, 0.6) is 0 Å². The Kier molecular flexibility index (Phi) is 3.10. The fourth-order valence-electron chi connectivity index (χ4n) is 1.41. The van der Waals surface area contributed by atoms with Crippen molar-refractivity contribution in [3.63, 3.8) is 0 Å². The van der Waals surface area contributed by atoms with Crippen molar-refractivity contribution in [2.45, 2.75) is 20.4 Å². The highest BCUT2D eigenvalue weighted by atomic mass is 35.5. The van der Waals surface area contributed by atoms with Crippen molar-refractivity contribution in [1.29, 1.82) is 0 Å². The summed E-state index contributed by atoms with van der Waals surface area (Å²) >= 11 is 5.85. The zero-order valence-corrected chi connectivity index (χ0v) is 9.97. The van der Waals surface area contributed by atoms with E-state index in [2.05, 4.69) is 20.3 Å². The lowest BCUT2D eigenvalue weighted by Crippen LogP contribution is -2.02. The van der Waals surface area contributed by atoms with E-state index in [-0.39, 0.29) is 0 Å². The fraction of sp³-hybridized carbons (Fsp3) is 0.273. The molecule has 0 saturated carbocycles. The molecule has 16 heavy (non-hydrogen) atoms.